The summed E-state index contributed by atoms with van der Waals surface area (Å²) in [5.41, 5.74) is 10.5. The molecule has 5 aromatic rings. The molecule has 6 heteroatoms. The van der Waals surface area contributed by atoms with Crippen LogP contribution in [0.5, 0.6) is 17.4 Å². The van der Waals surface area contributed by atoms with Crippen LogP contribution in [0.4, 0.5) is 5.69 Å². The molecule has 258 valence electrons. The first-order chi connectivity index (χ1) is 23.8. The second kappa shape index (κ2) is 12.9. The average molecular weight is 667 g/mol. The lowest BCUT2D eigenvalue weighted by Gasteiger charge is -2.38. The minimum atomic E-state index is -0.0916. The Labute approximate surface area is 297 Å². The minimum Gasteiger partial charge on any atom is -0.506 e. The number of ether oxygens (including phenoxy) is 1. The molecule has 3 aromatic carbocycles. The Morgan fingerprint density at radius 3 is 2.24 bits per heavy atom. The first kappa shape index (κ1) is 33.8. The predicted molar refractivity (Wildman–Crippen MR) is 205 cm³/mol. The molecule has 0 fully saturated rings. The lowest BCUT2D eigenvalue weighted by Crippen LogP contribution is -2.37. The number of fused-ring (bicyclic) bond motifs is 4. The number of rotatable bonds is 7. The molecule has 0 spiro atoms. The molecular formula is C44H50N4O2. The van der Waals surface area contributed by atoms with Crippen LogP contribution in [-0.4, -0.2) is 27.0 Å². The standard InChI is InChI=1S/C44H50N4O2/c1-25(2)30-20-35(26(3)4)41(36(21-30)27(5)6)48-42-34-13-11-10-12-28(34)14-16-37(42)46-43(48)31-19-33(24-45-23-31)50-39-17-15-29-18-32(44(7,8)9)22-38(49)40(29)47-39/h10-13,15,17-27,37,42,49H,14,16H2,1-9H3/t37-,42?/m0/s1. The quantitative estimate of drug-likeness (QED) is 0.187. The van der Waals surface area contributed by atoms with Crippen LogP contribution in [0.15, 0.2) is 84.1 Å². The number of nitrogens with zero attached hydrogens (tertiary/aromatic N) is 4. The van der Waals surface area contributed by atoms with E-state index >= 15 is 0 Å². The zero-order valence-electron chi connectivity index (χ0n) is 31.0. The zero-order chi connectivity index (χ0) is 35.5. The number of pyridine rings is 2. The Hall–Kier alpha value is -4.71. The fraction of sp³-hybridized carbons (Fsp3) is 0.386. The molecule has 0 radical (unpaired) electrons. The van der Waals surface area contributed by atoms with Crippen molar-refractivity contribution < 1.29 is 9.84 Å². The van der Waals surface area contributed by atoms with E-state index in [1.54, 1.807) is 12.3 Å². The van der Waals surface area contributed by atoms with Gasteiger partial charge in [0.1, 0.15) is 22.9 Å². The SMILES string of the molecule is CC(C)c1cc(C(C)C)c(N2C(c3cncc(Oc4ccc5cc(C(C)(C)C)cc(O)c5n4)c3)=N[C@H]3CCc4ccccc4C32)c(C(C)C)c1. The van der Waals surface area contributed by atoms with Gasteiger partial charge in [-0.2, -0.15) is 0 Å². The highest BCUT2D eigenvalue weighted by Gasteiger charge is 2.43. The minimum absolute atomic E-state index is 0.0857. The van der Waals surface area contributed by atoms with Crippen LogP contribution >= 0.6 is 0 Å². The average Bonchev–Trinajstić information content (AvgIpc) is 3.47. The van der Waals surface area contributed by atoms with Crippen molar-refractivity contribution >= 4 is 22.4 Å². The van der Waals surface area contributed by atoms with Crippen LogP contribution in [-0.2, 0) is 11.8 Å². The largest absolute Gasteiger partial charge is 0.506 e. The van der Waals surface area contributed by atoms with Crippen molar-refractivity contribution in [3.8, 4) is 17.4 Å². The third kappa shape index (κ3) is 6.14. The molecule has 0 bridgehead atoms. The number of aromatic hydroxyl groups is 1. The maximum absolute atomic E-state index is 10.9. The van der Waals surface area contributed by atoms with E-state index in [9.17, 15) is 5.11 Å². The van der Waals surface area contributed by atoms with Crippen LogP contribution < -0.4 is 9.64 Å². The van der Waals surface area contributed by atoms with Gasteiger partial charge in [0.2, 0.25) is 5.88 Å². The summed E-state index contributed by atoms with van der Waals surface area (Å²) < 4.78 is 6.36. The number of aromatic nitrogens is 2. The molecule has 0 saturated heterocycles. The molecule has 0 saturated carbocycles. The normalized spacial score (nSPS) is 17.4. The summed E-state index contributed by atoms with van der Waals surface area (Å²) in [5, 5.41) is 11.8. The molecule has 2 atom stereocenters. The second-order valence-corrected chi connectivity index (χ2v) is 16.1. The van der Waals surface area contributed by atoms with Crippen LogP contribution in [0.3, 0.4) is 0 Å². The van der Waals surface area contributed by atoms with E-state index in [-0.39, 0.29) is 23.2 Å². The predicted octanol–water partition coefficient (Wildman–Crippen LogP) is 11.1. The molecule has 2 aliphatic rings. The lowest BCUT2D eigenvalue weighted by molar-refractivity contribution is 0.457. The summed E-state index contributed by atoms with van der Waals surface area (Å²) >= 11 is 0. The third-order valence-electron chi connectivity index (χ3n) is 10.4. The van der Waals surface area contributed by atoms with Gasteiger partial charge in [-0.1, -0.05) is 98.7 Å². The van der Waals surface area contributed by atoms with Gasteiger partial charge in [-0.05, 0) is 93.7 Å². The fourth-order valence-corrected chi connectivity index (χ4v) is 7.58. The smallest absolute Gasteiger partial charge is 0.220 e. The van der Waals surface area contributed by atoms with E-state index in [2.05, 4.69) is 115 Å². The number of amidine groups is 1. The number of aliphatic imine (C=N–C) groups is 1. The van der Waals surface area contributed by atoms with Gasteiger partial charge in [0, 0.05) is 23.2 Å². The van der Waals surface area contributed by atoms with Gasteiger partial charge in [0.15, 0.2) is 0 Å². The Kier molecular flexibility index (Phi) is 8.70. The van der Waals surface area contributed by atoms with E-state index in [0.717, 1.165) is 35.2 Å². The third-order valence-corrected chi connectivity index (χ3v) is 10.4. The van der Waals surface area contributed by atoms with Crippen LogP contribution in [0, 0.1) is 0 Å². The van der Waals surface area contributed by atoms with Gasteiger partial charge in [0.05, 0.1) is 24.0 Å². The molecule has 1 aliphatic heterocycles. The highest BCUT2D eigenvalue weighted by molar-refractivity contribution is 6.13. The molecule has 1 aliphatic carbocycles. The number of benzene rings is 3. The molecule has 50 heavy (non-hydrogen) atoms. The monoisotopic (exact) mass is 666 g/mol. The second-order valence-electron chi connectivity index (χ2n) is 16.1. The van der Waals surface area contributed by atoms with E-state index < -0.39 is 0 Å². The summed E-state index contributed by atoms with van der Waals surface area (Å²) in [5.74, 6) is 3.12. The van der Waals surface area contributed by atoms with Gasteiger partial charge in [-0.25, -0.2) is 4.98 Å². The zero-order valence-corrected chi connectivity index (χ0v) is 31.0. The number of phenols is 1. The van der Waals surface area contributed by atoms with Crippen molar-refractivity contribution in [2.24, 2.45) is 4.99 Å². The van der Waals surface area contributed by atoms with Gasteiger partial charge < -0.3 is 14.7 Å². The Morgan fingerprint density at radius 1 is 0.840 bits per heavy atom. The fourth-order valence-electron chi connectivity index (χ4n) is 7.58. The summed E-state index contributed by atoms with van der Waals surface area (Å²) in [6.45, 7) is 20.2. The number of hydrogen-bond donors (Lipinski definition) is 1. The van der Waals surface area contributed by atoms with Crippen molar-refractivity contribution in [2.75, 3.05) is 4.90 Å². The van der Waals surface area contributed by atoms with Crippen molar-refractivity contribution in [3.05, 3.63) is 118 Å². The van der Waals surface area contributed by atoms with Crippen molar-refractivity contribution in [3.63, 3.8) is 0 Å². The number of hydrogen-bond acceptors (Lipinski definition) is 6. The van der Waals surface area contributed by atoms with Gasteiger partial charge in [-0.3, -0.25) is 9.98 Å². The first-order valence-electron chi connectivity index (χ1n) is 18.2. The van der Waals surface area contributed by atoms with E-state index in [0.29, 0.717) is 34.9 Å². The number of phenolic OH excluding ortho intramolecular Hbond substituents is 1. The van der Waals surface area contributed by atoms with E-state index in [1.807, 2.05) is 24.4 Å². The lowest BCUT2D eigenvalue weighted by atomic mass is 9.82. The van der Waals surface area contributed by atoms with Crippen molar-refractivity contribution in [1.82, 2.24) is 9.97 Å². The highest BCUT2D eigenvalue weighted by atomic mass is 16.5. The van der Waals surface area contributed by atoms with Crippen LogP contribution in [0.25, 0.3) is 10.9 Å². The molecule has 0 amide bonds. The maximum atomic E-state index is 10.9. The number of aryl methyl sites for hydroxylation is 1. The molecule has 1 N–H and O–H groups in total. The van der Waals surface area contributed by atoms with Crippen molar-refractivity contribution in [2.45, 2.75) is 110 Å². The highest BCUT2D eigenvalue weighted by Crippen LogP contribution is 2.49. The summed E-state index contributed by atoms with van der Waals surface area (Å²) in [4.78, 5) is 17.4. The molecule has 2 aromatic heterocycles. The van der Waals surface area contributed by atoms with Gasteiger partial charge in [0.25, 0.3) is 0 Å². The molecular weight excluding hydrogens is 617 g/mol. The first-order valence-corrected chi connectivity index (χ1v) is 18.2. The van der Waals surface area contributed by atoms with E-state index in [1.165, 1.54) is 33.5 Å². The van der Waals surface area contributed by atoms with E-state index in [4.69, 9.17) is 14.7 Å². The van der Waals surface area contributed by atoms with Gasteiger partial charge in [-0.15, -0.1) is 0 Å². The van der Waals surface area contributed by atoms with Gasteiger partial charge >= 0.3 is 0 Å². The topological polar surface area (TPSA) is 70.8 Å². The molecule has 1 unspecified atom stereocenters. The molecule has 3 heterocycles. The summed E-state index contributed by atoms with van der Waals surface area (Å²) in [7, 11) is 0. The maximum Gasteiger partial charge on any atom is 0.220 e. The summed E-state index contributed by atoms with van der Waals surface area (Å²) in [6, 6.07) is 23.7. The Morgan fingerprint density at radius 2 is 1.56 bits per heavy atom. The Balaban J connectivity index is 1.34. The molecule has 6 nitrogen and oxygen atoms in total. The van der Waals surface area contributed by atoms with Crippen molar-refractivity contribution in [1.29, 1.82) is 0 Å². The number of anilines is 1. The Bertz CT molecular complexity index is 2080. The summed E-state index contributed by atoms with van der Waals surface area (Å²) in [6.07, 6.45) is 5.63. The van der Waals surface area contributed by atoms with Crippen LogP contribution in [0.1, 0.15) is 131 Å². The molecule has 7 rings (SSSR count). The van der Waals surface area contributed by atoms with Crippen LogP contribution in [0.2, 0.25) is 0 Å².